The summed E-state index contributed by atoms with van der Waals surface area (Å²) in [7, 11) is 1.93. The van der Waals surface area contributed by atoms with Gasteiger partial charge in [0.15, 0.2) is 0 Å². The van der Waals surface area contributed by atoms with Crippen LogP contribution < -0.4 is 4.90 Å². The third-order valence-corrected chi connectivity index (χ3v) is 2.53. The van der Waals surface area contributed by atoms with Crippen LogP contribution in [0, 0.1) is 11.3 Å². The van der Waals surface area contributed by atoms with Crippen molar-refractivity contribution in [2.45, 2.75) is 12.5 Å². The van der Waals surface area contributed by atoms with Crippen molar-refractivity contribution in [3.05, 3.63) is 18.0 Å². The molecule has 1 saturated heterocycles. The van der Waals surface area contributed by atoms with Crippen LogP contribution >= 0.6 is 0 Å². The molecule has 1 aromatic heterocycles. The van der Waals surface area contributed by atoms with Crippen molar-refractivity contribution >= 4 is 5.95 Å². The molecule has 0 aromatic carbocycles. The third-order valence-electron chi connectivity index (χ3n) is 2.53. The monoisotopic (exact) mass is 204 g/mol. The van der Waals surface area contributed by atoms with Crippen LogP contribution in [-0.2, 0) is 4.74 Å². The summed E-state index contributed by atoms with van der Waals surface area (Å²) in [4.78, 5) is 10.2. The van der Waals surface area contributed by atoms with E-state index in [1.807, 2.05) is 18.0 Å². The maximum atomic E-state index is 8.73. The minimum absolute atomic E-state index is 0.318. The zero-order chi connectivity index (χ0) is 10.7. The zero-order valence-electron chi connectivity index (χ0n) is 8.55. The van der Waals surface area contributed by atoms with Gasteiger partial charge < -0.3 is 9.64 Å². The smallest absolute Gasteiger partial charge is 0.226 e. The van der Waals surface area contributed by atoms with Gasteiger partial charge in [0.25, 0.3) is 0 Å². The predicted molar refractivity (Wildman–Crippen MR) is 54.4 cm³/mol. The molecular weight excluding hydrogens is 192 g/mol. The Morgan fingerprint density at radius 3 is 3.20 bits per heavy atom. The number of hydrogen-bond acceptors (Lipinski definition) is 5. The van der Waals surface area contributed by atoms with E-state index in [-0.39, 0.29) is 0 Å². The molecule has 78 valence electrons. The number of nitrogens with zero attached hydrogens (tertiary/aromatic N) is 4. The van der Waals surface area contributed by atoms with Crippen molar-refractivity contribution < 1.29 is 4.74 Å². The van der Waals surface area contributed by atoms with Crippen LogP contribution in [0.5, 0.6) is 0 Å². The second kappa shape index (κ2) is 4.24. The maximum Gasteiger partial charge on any atom is 0.226 e. The van der Waals surface area contributed by atoms with Crippen molar-refractivity contribution in [2.75, 3.05) is 25.2 Å². The Bertz CT molecular complexity index is 381. The molecule has 0 amide bonds. The highest BCUT2D eigenvalue weighted by atomic mass is 16.5. The number of anilines is 1. The Labute approximate surface area is 88.3 Å². The van der Waals surface area contributed by atoms with E-state index < -0.39 is 0 Å². The van der Waals surface area contributed by atoms with Gasteiger partial charge in [0.2, 0.25) is 5.95 Å². The molecule has 0 radical (unpaired) electrons. The predicted octanol–water partition coefficient (Wildman–Crippen LogP) is 0.573. The largest absolute Gasteiger partial charge is 0.379 e. The molecule has 5 nitrogen and oxygen atoms in total. The van der Waals surface area contributed by atoms with Gasteiger partial charge in [0.1, 0.15) is 11.8 Å². The summed E-state index contributed by atoms with van der Waals surface area (Å²) in [6.07, 6.45) is 2.59. The lowest BCUT2D eigenvalue weighted by molar-refractivity contribution is 0.193. The number of aromatic nitrogens is 2. The topological polar surface area (TPSA) is 62.0 Å². The van der Waals surface area contributed by atoms with Crippen LogP contribution in [-0.4, -0.2) is 36.3 Å². The fraction of sp³-hybridized carbons (Fsp3) is 0.500. The quantitative estimate of drug-likeness (QED) is 0.705. The van der Waals surface area contributed by atoms with Gasteiger partial charge in [-0.05, 0) is 12.5 Å². The third kappa shape index (κ3) is 2.05. The van der Waals surface area contributed by atoms with Crippen molar-refractivity contribution in [1.82, 2.24) is 9.97 Å². The van der Waals surface area contributed by atoms with Crippen LogP contribution in [0.1, 0.15) is 12.1 Å². The van der Waals surface area contributed by atoms with E-state index in [1.165, 1.54) is 0 Å². The molecule has 1 aliphatic heterocycles. The van der Waals surface area contributed by atoms with E-state index in [2.05, 4.69) is 9.97 Å². The standard InChI is InChI=1S/C10H12N4O/c1-14(9-3-5-15-7-9)10-12-4-2-8(6-11)13-10/h2,4,9H,3,5,7H2,1H3. The first-order chi connectivity index (χ1) is 7.31. The lowest BCUT2D eigenvalue weighted by Gasteiger charge is -2.22. The summed E-state index contributed by atoms with van der Waals surface area (Å²) in [5.74, 6) is 0.588. The van der Waals surface area contributed by atoms with Crippen molar-refractivity contribution in [3.63, 3.8) is 0 Å². The van der Waals surface area contributed by atoms with Gasteiger partial charge in [-0.2, -0.15) is 5.26 Å². The van der Waals surface area contributed by atoms with Gasteiger partial charge in [0, 0.05) is 19.9 Å². The highest BCUT2D eigenvalue weighted by molar-refractivity contribution is 5.34. The molecule has 0 spiro atoms. The molecule has 1 atom stereocenters. The van der Waals surface area contributed by atoms with Crippen LogP contribution in [0.15, 0.2) is 12.3 Å². The molecule has 1 aromatic rings. The van der Waals surface area contributed by atoms with Crippen molar-refractivity contribution in [1.29, 1.82) is 5.26 Å². The first kappa shape index (κ1) is 9.87. The normalized spacial score (nSPS) is 19.9. The summed E-state index contributed by atoms with van der Waals surface area (Å²) in [5, 5.41) is 8.73. The maximum absolute atomic E-state index is 8.73. The van der Waals surface area contributed by atoms with Gasteiger partial charge in [-0.3, -0.25) is 0 Å². The summed E-state index contributed by atoms with van der Waals surface area (Å²) in [5.41, 5.74) is 0.394. The number of ether oxygens (including phenoxy) is 1. The van der Waals surface area contributed by atoms with Gasteiger partial charge in [0.05, 0.1) is 12.6 Å². The molecule has 2 heterocycles. The van der Waals surface area contributed by atoms with Crippen molar-refractivity contribution in [2.24, 2.45) is 0 Å². The molecule has 0 saturated carbocycles. The Balaban J connectivity index is 2.17. The summed E-state index contributed by atoms with van der Waals surface area (Å²) in [6, 6.07) is 3.92. The SMILES string of the molecule is CN(c1nccc(C#N)n1)C1CCOC1. The molecule has 2 rings (SSSR count). The Hall–Kier alpha value is -1.67. The Morgan fingerprint density at radius 1 is 1.67 bits per heavy atom. The second-order valence-corrected chi connectivity index (χ2v) is 3.48. The van der Waals surface area contributed by atoms with Crippen LogP contribution in [0.2, 0.25) is 0 Å². The number of rotatable bonds is 2. The van der Waals surface area contributed by atoms with Gasteiger partial charge in [-0.15, -0.1) is 0 Å². The van der Waals surface area contributed by atoms with Gasteiger partial charge >= 0.3 is 0 Å². The van der Waals surface area contributed by atoms with E-state index in [1.54, 1.807) is 12.3 Å². The Morgan fingerprint density at radius 2 is 2.53 bits per heavy atom. The zero-order valence-corrected chi connectivity index (χ0v) is 8.55. The molecule has 1 aliphatic rings. The van der Waals surface area contributed by atoms with E-state index in [4.69, 9.17) is 10.00 Å². The fourth-order valence-electron chi connectivity index (χ4n) is 1.57. The molecule has 5 heteroatoms. The van der Waals surface area contributed by atoms with Crippen molar-refractivity contribution in [3.8, 4) is 6.07 Å². The number of hydrogen-bond donors (Lipinski definition) is 0. The van der Waals surface area contributed by atoms with Gasteiger partial charge in [-0.25, -0.2) is 9.97 Å². The molecule has 0 aliphatic carbocycles. The lowest BCUT2D eigenvalue weighted by Crippen LogP contribution is -2.33. The molecule has 1 fully saturated rings. The van der Waals surface area contributed by atoms with Gasteiger partial charge in [-0.1, -0.05) is 0 Å². The molecule has 1 unspecified atom stereocenters. The lowest BCUT2D eigenvalue weighted by atomic mass is 10.2. The van der Waals surface area contributed by atoms with Crippen LogP contribution in [0.25, 0.3) is 0 Å². The highest BCUT2D eigenvalue weighted by Crippen LogP contribution is 2.15. The summed E-state index contributed by atoms with van der Waals surface area (Å²) in [6.45, 7) is 1.49. The molecule has 0 bridgehead atoms. The minimum atomic E-state index is 0.318. The molecule has 15 heavy (non-hydrogen) atoms. The van der Waals surface area contributed by atoms with Crippen LogP contribution in [0.4, 0.5) is 5.95 Å². The fourth-order valence-corrected chi connectivity index (χ4v) is 1.57. The van der Waals surface area contributed by atoms with E-state index in [0.717, 1.165) is 13.0 Å². The summed E-state index contributed by atoms with van der Waals surface area (Å²) >= 11 is 0. The first-order valence-electron chi connectivity index (χ1n) is 4.85. The average molecular weight is 204 g/mol. The van der Waals surface area contributed by atoms with E-state index in [9.17, 15) is 0 Å². The number of likely N-dealkylation sites (N-methyl/N-ethyl adjacent to an activating group) is 1. The average Bonchev–Trinajstić information content (AvgIpc) is 2.81. The second-order valence-electron chi connectivity index (χ2n) is 3.48. The highest BCUT2D eigenvalue weighted by Gasteiger charge is 2.22. The van der Waals surface area contributed by atoms with Crippen LogP contribution in [0.3, 0.4) is 0 Å². The molecule has 0 N–H and O–H groups in total. The van der Waals surface area contributed by atoms with E-state index >= 15 is 0 Å². The van der Waals surface area contributed by atoms with E-state index in [0.29, 0.717) is 24.3 Å². The summed E-state index contributed by atoms with van der Waals surface area (Å²) < 4.78 is 5.29. The first-order valence-corrected chi connectivity index (χ1v) is 4.85. The minimum Gasteiger partial charge on any atom is -0.379 e. The number of nitriles is 1. The Kier molecular flexibility index (Phi) is 2.79. The molecular formula is C10H12N4O.